The fourth-order valence-electron chi connectivity index (χ4n) is 3.75. The van der Waals surface area contributed by atoms with Gasteiger partial charge in [-0.2, -0.15) is 0 Å². The summed E-state index contributed by atoms with van der Waals surface area (Å²) in [5.74, 6) is 0.342. The lowest BCUT2D eigenvalue weighted by atomic mass is 9.69. The fraction of sp³-hybridized carbons (Fsp3) is 0.812. The summed E-state index contributed by atoms with van der Waals surface area (Å²) in [5.41, 5.74) is 1.30. The third kappa shape index (κ3) is 2.26. The molecule has 1 spiro atoms. The lowest BCUT2D eigenvalue weighted by molar-refractivity contribution is -0.0229. The molecule has 3 fully saturated rings. The highest BCUT2D eigenvalue weighted by molar-refractivity contribution is 5.21. The van der Waals surface area contributed by atoms with Gasteiger partial charge in [0.15, 0.2) is 0 Å². The molecule has 0 aromatic heterocycles. The normalized spacial score (nSPS) is 48.1. The lowest BCUT2D eigenvalue weighted by Gasteiger charge is -2.38. The topological polar surface area (TPSA) is 34.3 Å². The van der Waals surface area contributed by atoms with E-state index in [4.69, 9.17) is 14.2 Å². The zero-order valence-electron chi connectivity index (χ0n) is 12.4. The van der Waals surface area contributed by atoms with Gasteiger partial charge in [-0.1, -0.05) is 11.6 Å². The van der Waals surface area contributed by atoms with Crippen LogP contribution in [-0.4, -0.2) is 37.1 Å². The average molecular weight is 265 g/mol. The van der Waals surface area contributed by atoms with E-state index in [1.807, 2.05) is 0 Å². The number of epoxide rings is 2. The maximum Gasteiger partial charge on any atom is 0.100 e. The van der Waals surface area contributed by atoms with E-state index >= 15 is 0 Å². The summed E-state index contributed by atoms with van der Waals surface area (Å²) < 4.78 is 17.6. The first-order valence-electron chi connectivity index (χ1n) is 7.33. The molecular weight excluding hydrogens is 240 g/mol. The second-order valence-electron chi connectivity index (χ2n) is 6.61. The average Bonchev–Trinajstić information content (AvgIpc) is 3.26. The van der Waals surface area contributed by atoms with Gasteiger partial charge in [-0.05, 0) is 46.5 Å². The van der Waals surface area contributed by atoms with Crippen molar-refractivity contribution in [2.24, 2.45) is 5.92 Å². The molecule has 2 heterocycles. The number of hydrogen-bond donors (Lipinski definition) is 0. The first kappa shape index (κ1) is 13.6. The van der Waals surface area contributed by atoms with Gasteiger partial charge in [0.05, 0.1) is 24.4 Å². The van der Waals surface area contributed by atoms with Gasteiger partial charge in [-0.25, -0.2) is 0 Å². The summed E-state index contributed by atoms with van der Waals surface area (Å²) in [4.78, 5) is 0. The first-order chi connectivity index (χ1) is 9.02. The Morgan fingerprint density at radius 2 is 2.21 bits per heavy atom. The molecule has 3 aliphatic rings. The van der Waals surface area contributed by atoms with Gasteiger partial charge in [0.2, 0.25) is 0 Å². The quantitative estimate of drug-likeness (QED) is 0.579. The van der Waals surface area contributed by atoms with E-state index in [-0.39, 0.29) is 17.3 Å². The SMILES string of the molecule is CO[C@H]1[CH]CC[C@]2(CO2)C1[C@@]1(C)O[C@@H]1CC=C(C)C. The minimum Gasteiger partial charge on any atom is -0.381 e. The van der Waals surface area contributed by atoms with Gasteiger partial charge in [-0.15, -0.1) is 0 Å². The maximum absolute atomic E-state index is 6.08. The van der Waals surface area contributed by atoms with Crippen molar-refractivity contribution in [1.29, 1.82) is 0 Å². The molecule has 0 aromatic rings. The van der Waals surface area contributed by atoms with E-state index in [0.29, 0.717) is 12.0 Å². The molecule has 0 N–H and O–H groups in total. The highest BCUT2D eigenvalue weighted by Gasteiger charge is 2.70. The Hall–Kier alpha value is -0.380. The van der Waals surface area contributed by atoms with Crippen LogP contribution in [0.3, 0.4) is 0 Å². The molecule has 1 saturated carbocycles. The molecule has 2 saturated heterocycles. The van der Waals surface area contributed by atoms with Crippen LogP contribution in [0, 0.1) is 12.3 Å². The zero-order chi connectivity index (χ0) is 13.7. The van der Waals surface area contributed by atoms with Gasteiger partial charge >= 0.3 is 0 Å². The van der Waals surface area contributed by atoms with Crippen LogP contribution in [0.5, 0.6) is 0 Å². The summed E-state index contributed by atoms with van der Waals surface area (Å²) in [5, 5.41) is 0. The lowest BCUT2D eigenvalue weighted by Crippen LogP contribution is -2.49. The monoisotopic (exact) mass is 265 g/mol. The minimum absolute atomic E-state index is 0.0316. The second-order valence-corrected chi connectivity index (χ2v) is 6.61. The van der Waals surface area contributed by atoms with Crippen LogP contribution in [0.15, 0.2) is 11.6 Å². The largest absolute Gasteiger partial charge is 0.381 e. The predicted octanol–water partition coefficient (Wildman–Crippen LogP) is 2.90. The van der Waals surface area contributed by atoms with Crippen molar-refractivity contribution in [3.63, 3.8) is 0 Å². The Labute approximate surface area is 116 Å². The molecule has 0 aromatic carbocycles. The van der Waals surface area contributed by atoms with Crippen molar-refractivity contribution >= 4 is 0 Å². The van der Waals surface area contributed by atoms with Crippen molar-refractivity contribution in [3.05, 3.63) is 18.1 Å². The highest BCUT2D eigenvalue weighted by Crippen LogP contribution is 2.59. The van der Waals surface area contributed by atoms with Gasteiger partial charge < -0.3 is 14.2 Å². The summed E-state index contributed by atoms with van der Waals surface area (Å²) in [6.45, 7) is 7.38. The van der Waals surface area contributed by atoms with Gasteiger partial charge in [0, 0.05) is 13.0 Å². The van der Waals surface area contributed by atoms with E-state index in [1.165, 1.54) is 5.57 Å². The van der Waals surface area contributed by atoms with E-state index in [0.717, 1.165) is 25.9 Å². The molecule has 19 heavy (non-hydrogen) atoms. The Morgan fingerprint density at radius 1 is 1.47 bits per heavy atom. The second kappa shape index (κ2) is 4.57. The van der Waals surface area contributed by atoms with Gasteiger partial charge in [0.1, 0.15) is 5.60 Å². The third-order valence-electron chi connectivity index (χ3n) is 4.99. The molecule has 2 aliphatic heterocycles. The van der Waals surface area contributed by atoms with E-state index in [2.05, 4.69) is 33.3 Å². The molecule has 3 rings (SSSR count). The molecule has 3 nitrogen and oxygen atoms in total. The molecule has 107 valence electrons. The summed E-state index contributed by atoms with van der Waals surface area (Å²) in [6.07, 6.45) is 8.25. The number of allylic oxidation sites excluding steroid dienone is 1. The highest BCUT2D eigenvalue weighted by atomic mass is 16.6. The number of ether oxygens (including phenoxy) is 3. The standard InChI is InChI=1S/C16H25O3/c1-11(2)7-8-13-15(3,19-13)14-12(17-4)6-5-9-16(14)10-18-16/h6-7,12-14H,5,8-10H2,1-4H3/t12-,13+,14?,15-,16-/m0/s1. The fourth-order valence-corrected chi connectivity index (χ4v) is 3.75. The molecule has 5 atom stereocenters. The van der Waals surface area contributed by atoms with Crippen LogP contribution in [0.4, 0.5) is 0 Å². The van der Waals surface area contributed by atoms with E-state index < -0.39 is 0 Å². The van der Waals surface area contributed by atoms with E-state index in [9.17, 15) is 0 Å². The summed E-state index contributed by atoms with van der Waals surface area (Å²) in [6, 6.07) is 0. The van der Waals surface area contributed by atoms with E-state index in [1.54, 1.807) is 7.11 Å². The Morgan fingerprint density at radius 3 is 2.79 bits per heavy atom. The molecule has 1 radical (unpaired) electrons. The molecule has 0 amide bonds. The van der Waals surface area contributed by atoms with Crippen LogP contribution in [0.25, 0.3) is 0 Å². The number of methoxy groups -OCH3 is 1. The predicted molar refractivity (Wildman–Crippen MR) is 73.8 cm³/mol. The molecule has 0 bridgehead atoms. The van der Waals surface area contributed by atoms with Crippen molar-refractivity contribution in [1.82, 2.24) is 0 Å². The first-order valence-corrected chi connectivity index (χ1v) is 7.33. The van der Waals surface area contributed by atoms with Crippen molar-refractivity contribution in [3.8, 4) is 0 Å². The smallest absolute Gasteiger partial charge is 0.100 e. The number of hydrogen-bond acceptors (Lipinski definition) is 3. The van der Waals surface area contributed by atoms with Gasteiger partial charge in [0.25, 0.3) is 0 Å². The van der Waals surface area contributed by atoms with Crippen molar-refractivity contribution in [2.75, 3.05) is 13.7 Å². The van der Waals surface area contributed by atoms with Crippen LogP contribution in [0.1, 0.15) is 40.0 Å². The van der Waals surface area contributed by atoms with Crippen LogP contribution < -0.4 is 0 Å². The Balaban J connectivity index is 1.74. The summed E-state index contributed by atoms with van der Waals surface area (Å²) >= 11 is 0. The third-order valence-corrected chi connectivity index (χ3v) is 4.99. The number of rotatable bonds is 4. The molecular formula is C16H25O3. The Kier molecular flexibility index (Phi) is 3.27. The molecule has 1 unspecified atom stereocenters. The van der Waals surface area contributed by atoms with Crippen molar-refractivity contribution < 1.29 is 14.2 Å². The maximum atomic E-state index is 6.08. The van der Waals surface area contributed by atoms with Crippen molar-refractivity contribution in [2.45, 2.75) is 63.4 Å². The van der Waals surface area contributed by atoms with Crippen LogP contribution in [-0.2, 0) is 14.2 Å². The van der Waals surface area contributed by atoms with Gasteiger partial charge in [-0.3, -0.25) is 0 Å². The van der Waals surface area contributed by atoms with Crippen LogP contribution in [0.2, 0.25) is 0 Å². The zero-order valence-corrected chi connectivity index (χ0v) is 12.4. The van der Waals surface area contributed by atoms with Crippen LogP contribution >= 0.6 is 0 Å². The minimum atomic E-state index is -0.0833. The summed E-state index contributed by atoms with van der Waals surface area (Å²) in [7, 11) is 1.80. The Bertz CT molecular complexity index is 381. The molecule has 1 aliphatic carbocycles. The molecule has 3 heteroatoms.